The number of nitrogens with zero attached hydrogens (tertiary/aromatic N) is 6. The van der Waals surface area contributed by atoms with Gasteiger partial charge < -0.3 is 4.42 Å². The summed E-state index contributed by atoms with van der Waals surface area (Å²) in [4.78, 5) is 19.7. The fourth-order valence-electron chi connectivity index (χ4n) is 4.73. The highest BCUT2D eigenvalue weighted by atomic mass is 35.5. The van der Waals surface area contributed by atoms with Gasteiger partial charge in [0.2, 0.25) is 5.89 Å². The summed E-state index contributed by atoms with van der Waals surface area (Å²) in [6.07, 6.45) is -0.330. The molecule has 0 N–H and O–H groups in total. The molecule has 4 aromatic rings. The molecule has 0 spiro atoms. The molecule has 5 rings (SSSR count). The van der Waals surface area contributed by atoms with Crippen LogP contribution in [-0.4, -0.2) is 54.8 Å². The van der Waals surface area contributed by atoms with Crippen molar-refractivity contribution in [1.82, 2.24) is 29.2 Å². The zero-order chi connectivity index (χ0) is 26.3. The standard InChI is InChI=1S/C24H23ClF4N6O2/c1-24(28,29)13-33-8-6-17(7-9-33)35-18-5-3-15(25)10-19(18)34(23(35)36)12-16-4-2-14(11-30-16)21-31-32-22(37-21)20(26)27/h2-5,10-11,17,20H,6-9,12-13H2,1H3. The van der Waals surface area contributed by atoms with Gasteiger partial charge in [0.25, 0.3) is 11.8 Å². The molecule has 0 unspecified atom stereocenters. The summed E-state index contributed by atoms with van der Waals surface area (Å²) in [5, 5.41) is 7.39. The number of hydrogen-bond donors (Lipinski definition) is 0. The molecule has 196 valence electrons. The lowest BCUT2D eigenvalue weighted by atomic mass is 10.0. The van der Waals surface area contributed by atoms with E-state index in [-0.39, 0.29) is 30.7 Å². The van der Waals surface area contributed by atoms with E-state index in [1.807, 2.05) is 0 Å². The molecule has 0 amide bonds. The predicted molar refractivity (Wildman–Crippen MR) is 128 cm³/mol. The number of hydrogen-bond acceptors (Lipinski definition) is 6. The van der Waals surface area contributed by atoms with Crippen LogP contribution in [0.25, 0.3) is 22.5 Å². The topological polar surface area (TPSA) is 82.0 Å². The average Bonchev–Trinajstić information content (AvgIpc) is 3.44. The van der Waals surface area contributed by atoms with Crippen LogP contribution in [0.15, 0.2) is 45.7 Å². The summed E-state index contributed by atoms with van der Waals surface area (Å²) in [6.45, 7) is 1.67. The van der Waals surface area contributed by atoms with Gasteiger partial charge >= 0.3 is 12.1 Å². The van der Waals surface area contributed by atoms with Gasteiger partial charge in [0.15, 0.2) is 0 Å². The van der Waals surface area contributed by atoms with Crippen molar-refractivity contribution < 1.29 is 22.0 Å². The molecule has 0 saturated carbocycles. The SMILES string of the molecule is CC(F)(F)CN1CCC(n2c(=O)n(Cc3ccc(-c4nnc(C(F)F)o4)cn3)c3cc(Cl)ccc32)CC1. The normalized spacial score (nSPS) is 15.8. The fourth-order valence-corrected chi connectivity index (χ4v) is 4.90. The van der Waals surface area contributed by atoms with Crippen molar-refractivity contribution in [2.75, 3.05) is 19.6 Å². The van der Waals surface area contributed by atoms with E-state index >= 15 is 0 Å². The average molecular weight is 539 g/mol. The first-order chi connectivity index (χ1) is 17.6. The minimum atomic E-state index is -2.87. The second kappa shape index (κ2) is 9.90. The molecule has 1 aromatic carbocycles. The van der Waals surface area contributed by atoms with Gasteiger partial charge in [0, 0.05) is 37.3 Å². The van der Waals surface area contributed by atoms with Crippen LogP contribution in [0.4, 0.5) is 17.6 Å². The van der Waals surface area contributed by atoms with Gasteiger partial charge in [-0.25, -0.2) is 13.6 Å². The Morgan fingerprint density at radius 1 is 1.14 bits per heavy atom. The first-order valence-corrected chi connectivity index (χ1v) is 12.0. The summed E-state index contributed by atoms with van der Waals surface area (Å²) < 4.78 is 60.6. The summed E-state index contributed by atoms with van der Waals surface area (Å²) in [6, 6.07) is 8.31. The van der Waals surface area contributed by atoms with Gasteiger partial charge in [-0.15, -0.1) is 10.2 Å². The summed E-state index contributed by atoms with van der Waals surface area (Å²) >= 11 is 6.24. The molecular formula is C24H23ClF4N6O2. The molecule has 1 fully saturated rings. The molecule has 8 nitrogen and oxygen atoms in total. The minimum absolute atomic E-state index is 0.0814. The number of likely N-dealkylation sites (tertiary alicyclic amines) is 1. The van der Waals surface area contributed by atoms with E-state index in [4.69, 9.17) is 16.0 Å². The highest BCUT2D eigenvalue weighted by molar-refractivity contribution is 6.31. The van der Waals surface area contributed by atoms with Crippen LogP contribution >= 0.6 is 11.6 Å². The molecule has 0 aliphatic carbocycles. The Morgan fingerprint density at radius 3 is 2.51 bits per heavy atom. The van der Waals surface area contributed by atoms with Gasteiger partial charge in [0.05, 0.1) is 35.4 Å². The Kier molecular flexibility index (Phi) is 6.80. The third kappa shape index (κ3) is 5.40. The number of halogens is 5. The first-order valence-electron chi connectivity index (χ1n) is 11.7. The zero-order valence-corrected chi connectivity index (χ0v) is 20.5. The van der Waals surface area contributed by atoms with Crippen molar-refractivity contribution in [2.24, 2.45) is 0 Å². The van der Waals surface area contributed by atoms with Gasteiger partial charge in [-0.3, -0.25) is 19.0 Å². The van der Waals surface area contributed by atoms with Crippen LogP contribution in [0.2, 0.25) is 5.02 Å². The molecular weight excluding hydrogens is 516 g/mol. The quantitative estimate of drug-likeness (QED) is 0.302. The van der Waals surface area contributed by atoms with Crippen molar-refractivity contribution in [2.45, 2.75) is 44.7 Å². The highest BCUT2D eigenvalue weighted by Gasteiger charge is 2.30. The molecule has 1 aliphatic rings. The Balaban J connectivity index is 1.41. The number of aromatic nitrogens is 5. The monoisotopic (exact) mass is 538 g/mol. The zero-order valence-electron chi connectivity index (χ0n) is 19.8. The largest absolute Gasteiger partial charge is 0.415 e. The number of piperidine rings is 1. The van der Waals surface area contributed by atoms with Crippen LogP contribution in [0.3, 0.4) is 0 Å². The van der Waals surface area contributed by atoms with E-state index in [9.17, 15) is 22.4 Å². The summed E-state index contributed by atoms with van der Waals surface area (Å²) in [7, 11) is 0. The molecule has 0 atom stereocenters. The molecule has 13 heteroatoms. The van der Waals surface area contributed by atoms with Gasteiger partial charge in [-0.2, -0.15) is 8.78 Å². The molecule has 3 aromatic heterocycles. The van der Waals surface area contributed by atoms with Crippen molar-refractivity contribution in [3.05, 3.63) is 63.6 Å². The van der Waals surface area contributed by atoms with Crippen LogP contribution < -0.4 is 5.69 Å². The van der Waals surface area contributed by atoms with Gasteiger partial charge in [0.1, 0.15) is 0 Å². The number of rotatable bonds is 7. The third-order valence-electron chi connectivity index (χ3n) is 6.37. The van der Waals surface area contributed by atoms with Crippen LogP contribution in [0.1, 0.15) is 43.8 Å². The molecule has 1 saturated heterocycles. The van der Waals surface area contributed by atoms with E-state index in [1.54, 1.807) is 44.4 Å². The third-order valence-corrected chi connectivity index (χ3v) is 6.60. The van der Waals surface area contributed by atoms with E-state index in [2.05, 4.69) is 15.2 Å². The second-order valence-corrected chi connectivity index (χ2v) is 9.67. The van der Waals surface area contributed by atoms with Crippen molar-refractivity contribution in [1.29, 1.82) is 0 Å². The summed E-state index contributed by atoms with van der Waals surface area (Å²) in [5.74, 6) is -3.63. The second-order valence-electron chi connectivity index (χ2n) is 9.23. The fraction of sp³-hybridized carbons (Fsp3) is 0.417. The van der Waals surface area contributed by atoms with E-state index in [1.165, 1.54) is 6.20 Å². The lowest BCUT2D eigenvalue weighted by Gasteiger charge is -2.33. The number of pyridine rings is 1. The molecule has 4 heterocycles. The lowest BCUT2D eigenvalue weighted by molar-refractivity contribution is -0.0217. The van der Waals surface area contributed by atoms with Crippen molar-refractivity contribution >= 4 is 22.6 Å². The van der Waals surface area contributed by atoms with Crippen LogP contribution in [-0.2, 0) is 6.54 Å². The molecule has 37 heavy (non-hydrogen) atoms. The maximum absolute atomic E-state index is 13.6. The highest BCUT2D eigenvalue weighted by Crippen LogP contribution is 2.29. The maximum atomic E-state index is 13.6. The predicted octanol–water partition coefficient (Wildman–Crippen LogP) is 5.18. The van der Waals surface area contributed by atoms with Crippen molar-refractivity contribution in [3.8, 4) is 11.5 Å². The van der Waals surface area contributed by atoms with Gasteiger partial charge in [-0.1, -0.05) is 11.6 Å². The Morgan fingerprint density at radius 2 is 1.89 bits per heavy atom. The Bertz CT molecular complexity index is 1450. The number of alkyl halides is 4. The number of fused-ring (bicyclic) bond motifs is 1. The van der Waals surface area contributed by atoms with Crippen LogP contribution in [0, 0.1) is 0 Å². The number of benzene rings is 1. The summed E-state index contributed by atoms with van der Waals surface area (Å²) in [5.41, 5.74) is 1.99. The van der Waals surface area contributed by atoms with E-state index < -0.39 is 18.2 Å². The molecule has 0 radical (unpaired) electrons. The first kappa shape index (κ1) is 25.4. The molecule has 0 bridgehead atoms. The van der Waals surface area contributed by atoms with Crippen molar-refractivity contribution in [3.63, 3.8) is 0 Å². The maximum Gasteiger partial charge on any atom is 0.329 e. The van der Waals surface area contributed by atoms with E-state index in [0.717, 1.165) is 6.92 Å². The van der Waals surface area contributed by atoms with Gasteiger partial charge in [-0.05, 0) is 43.2 Å². The minimum Gasteiger partial charge on any atom is -0.415 e. The Labute approximate surface area is 213 Å². The Hall–Kier alpha value is -3.25. The molecule has 1 aliphatic heterocycles. The van der Waals surface area contributed by atoms with Crippen LogP contribution in [0.5, 0.6) is 0 Å². The smallest absolute Gasteiger partial charge is 0.329 e. The number of imidazole rings is 1. The van der Waals surface area contributed by atoms with E-state index in [0.29, 0.717) is 53.2 Å². The lowest BCUT2D eigenvalue weighted by Crippen LogP contribution is -2.42.